The summed E-state index contributed by atoms with van der Waals surface area (Å²) in [7, 11) is 0. The Morgan fingerprint density at radius 1 is 1.29 bits per heavy atom. The van der Waals surface area contributed by atoms with E-state index in [1.807, 2.05) is 35.9 Å². The molecule has 0 aliphatic rings. The van der Waals surface area contributed by atoms with Crippen molar-refractivity contribution in [2.75, 3.05) is 12.3 Å². The number of nitrogens with two attached hydrogens (primary N) is 1. The SMILES string of the molecule is CCOc1ccc(-n2nc(C(C)C)c3c(N)[nH]nc32)cc1. The van der Waals surface area contributed by atoms with Crippen LogP contribution in [0.4, 0.5) is 5.82 Å². The molecule has 6 heteroatoms. The molecule has 0 radical (unpaired) electrons. The van der Waals surface area contributed by atoms with Crippen molar-refractivity contribution >= 4 is 16.9 Å². The number of rotatable bonds is 4. The van der Waals surface area contributed by atoms with Gasteiger partial charge in [-0.1, -0.05) is 13.8 Å². The second-order valence-corrected chi connectivity index (χ2v) is 5.21. The molecule has 0 atom stereocenters. The van der Waals surface area contributed by atoms with Crippen LogP contribution in [-0.4, -0.2) is 26.6 Å². The van der Waals surface area contributed by atoms with Crippen LogP contribution >= 0.6 is 0 Å². The Morgan fingerprint density at radius 3 is 2.62 bits per heavy atom. The Morgan fingerprint density at radius 2 is 2.00 bits per heavy atom. The Hall–Kier alpha value is -2.50. The van der Waals surface area contributed by atoms with Crippen LogP contribution in [0.2, 0.25) is 0 Å². The Labute approximate surface area is 122 Å². The van der Waals surface area contributed by atoms with Gasteiger partial charge in [-0.2, -0.15) is 10.2 Å². The first-order valence-electron chi connectivity index (χ1n) is 7.07. The summed E-state index contributed by atoms with van der Waals surface area (Å²) in [5.41, 5.74) is 8.61. The topological polar surface area (TPSA) is 81.8 Å². The van der Waals surface area contributed by atoms with Crippen molar-refractivity contribution in [3.05, 3.63) is 30.0 Å². The number of aromatic amines is 1. The molecular weight excluding hydrogens is 266 g/mol. The molecule has 6 nitrogen and oxygen atoms in total. The highest BCUT2D eigenvalue weighted by Gasteiger charge is 2.19. The number of anilines is 1. The van der Waals surface area contributed by atoms with Gasteiger partial charge in [-0.3, -0.25) is 5.10 Å². The molecule has 0 unspecified atom stereocenters. The summed E-state index contributed by atoms with van der Waals surface area (Å²) >= 11 is 0. The fraction of sp³-hybridized carbons (Fsp3) is 0.333. The summed E-state index contributed by atoms with van der Waals surface area (Å²) in [5.74, 6) is 1.68. The lowest BCUT2D eigenvalue weighted by molar-refractivity contribution is 0.340. The fourth-order valence-corrected chi connectivity index (χ4v) is 2.39. The molecule has 0 spiro atoms. The van der Waals surface area contributed by atoms with Gasteiger partial charge in [0.2, 0.25) is 0 Å². The number of fused-ring (bicyclic) bond motifs is 1. The molecule has 0 amide bonds. The van der Waals surface area contributed by atoms with Gasteiger partial charge in [0.15, 0.2) is 5.65 Å². The number of nitrogens with zero attached hydrogens (tertiary/aromatic N) is 3. The molecule has 0 fully saturated rings. The number of ether oxygens (including phenoxy) is 1. The summed E-state index contributed by atoms with van der Waals surface area (Å²) in [5, 5.41) is 12.7. The van der Waals surface area contributed by atoms with Gasteiger partial charge in [0.05, 0.1) is 23.4 Å². The zero-order valence-electron chi connectivity index (χ0n) is 12.4. The fourth-order valence-electron chi connectivity index (χ4n) is 2.39. The van der Waals surface area contributed by atoms with E-state index < -0.39 is 0 Å². The number of nitrogen functional groups attached to an aromatic ring is 1. The summed E-state index contributed by atoms with van der Waals surface area (Å²) in [6.07, 6.45) is 0. The molecule has 21 heavy (non-hydrogen) atoms. The average molecular weight is 285 g/mol. The predicted molar refractivity (Wildman–Crippen MR) is 82.9 cm³/mol. The molecule has 0 saturated heterocycles. The molecule has 0 saturated carbocycles. The number of hydrogen-bond acceptors (Lipinski definition) is 4. The van der Waals surface area contributed by atoms with Crippen molar-refractivity contribution in [1.29, 1.82) is 0 Å². The van der Waals surface area contributed by atoms with Crippen LogP contribution in [0.5, 0.6) is 5.75 Å². The van der Waals surface area contributed by atoms with E-state index in [1.165, 1.54) is 0 Å². The molecule has 3 N–H and O–H groups in total. The maximum atomic E-state index is 5.98. The quantitative estimate of drug-likeness (QED) is 0.772. The van der Waals surface area contributed by atoms with Crippen LogP contribution in [0.1, 0.15) is 32.4 Å². The Kier molecular flexibility index (Phi) is 3.29. The summed E-state index contributed by atoms with van der Waals surface area (Å²) in [4.78, 5) is 0. The van der Waals surface area contributed by atoms with E-state index in [0.29, 0.717) is 12.4 Å². The molecule has 2 heterocycles. The van der Waals surface area contributed by atoms with Crippen molar-refractivity contribution in [3.63, 3.8) is 0 Å². The van der Waals surface area contributed by atoms with Crippen molar-refractivity contribution in [1.82, 2.24) is 20.0 Å². The van der Waals surface area contributed by atoms with E-state index in [1.54, 1.807) is 0 Å². The van der Waals surface area contributed by atoms with Gasteiger partial charge >= 0.3 is 0 Å². The van der Waals surface area contributed by atoms with Crippen molar-refractivity contribution in [2.45, 2.75) is 26.7 Å². The van der Waals surface area contributed by atoms with E-state index in [2.05, 4.69) is 29.1 Å². The Bertz CT molecular complexity index is 754. The van der Waals surface area contributed by atoms with Gasteiger partial charge in [-0.15, -0.1) is 0 Å². The van der Waals surface area contributed by atoms with Crippen LogP contribution in [0.15, 0.2) is 24.3 Å². The highest BCUT2D eigenvalue weighted by molar-refractivity contribution is 5.90. The lowest BCUT2D eigenvalue weighted by atomic mass is 10.1. The predicted octanol–water partition coefficient (Wildman–Crippen LogP) is 2.85. The van der Waals surface area contributed by atoms with Crippen molar-refractivity contribution < 1.29 is 4.74 Å². The zero-order valence-corrected chi connectivity index (χ0v) is 12.4. The van der Waals surface area contributed by atoms with Gasteiger partial charge in [-0.25, -0.2) is 4.68 Å². The van der Waals surface area contributed by atoms with E-state index >= 15 is 0 Å². The second kappa shape index (κ2) is 5.12. The van der Waals surface area contributed by atoms with E-state index in [9.17, 15) is 0 Å². The van der Waals surface area contributed by atoms with Gasteiger partial charge in [0.25, 0.3) is 0 Å². The summed E-state index contributed by atoms with van der Waals surface area (Å²) < 4.78 is 7.27. The number of nitrogens with one attached hydrogen (secondary N) is 1. The monoisotopic (exact) mass is 285 g/mol. The first kappa shape index (κ1) is 13.5. The van der Waals surface area contributed by atoms with Crippen LogP contribution in [0, 0.1) is 0 Å². The smallest absolute Gasteiger partial charge is 0.186 e. The van der Waals surface area contributed by atoms with Crippen LogP contribution in [0.25, 0.3) is 16.7 Å². The molecule has 1 aromatic carbocycles. The number of H-pyrrole nitrogens is 1. The van der Waals surface area contributed by atoms with Gasteiger partial charge in [-0.05, 0) is 37.1 Å². The molecule has 2 aromatic heterocycles. The zero-order chi connectivity index (χ0) is 15.0. The number of aromatic nitrogens is 4. The number of benzene rings is 1. The van der Waals surface area contributed by atoms with Gasteiger partial charge in [0, 0.05) is 0 Å². The molecular formula is C15H19N5O. The standard InChI is InChI=1S/C15H19N5O/c1-4-21-11-7-5-10(6-8-11)20-15-12(14(16)17-18-15)13(19-20)9(2)3/h5-9H,4H2,1-3H3,(H3,16,17,18). The van der Waals surface area contributed by atoms with Crippen molar-refractivity contribution in [3.8, 4) is 11.4 Å². The molecule has 3 aromatic rings. The van der Waals surface area contributed by atoms with E-state index in [0.717, 1.165) is 28.2 Å². The van der Waals surface area contributed by atoms with Crippen molar-refractivity contribution in [2.24, 2.45) is 0 Å². The third-order valence-electron chi connectivity index (χ3n) is 3.38. The third-order valence-corrected chi connectivity index (χ3v) is 3.38. The summed E-state index contributed by atoms with van der Waals surface area (Å²) in [6, 6.07) is 7.79. The van der Waals surface area contributed by atoms with E-state index in [-0.39, 0.29) is 5.92 Å². The highest BCUT2D eigenvalue weighted by atomic mass is 16.5. The van der Waals surface area contributed by atoms with Gasteiger partial charge < -0.3 is 10.5 Å². The van der Waals surface area contributed by atoms with Crippen LogP contribution in [-0.2, 0) is 0 Å². The third kappa shape index (κ3) is 2.22. The molecule has 110 valence electrons. The van der Waals surface area contributed by atoms with E-state index in [4.69, 9.17) is 10.5 Å². The highest BCUT2D eigenvalue weighted by Crippen LogP contribution is 2.29. The lowest BCUT2D eigenvalue weighted by Crippen LogP contribution is -2.00. The lowest BCUT2D eigenvalue weighted by Gasteiger charge is -2.05. The molecule has 0 aliphatic heterocycles. The average Bonchev–Trinajstić information content (AvgIpc) is 3.02. The first-order chi connectivity index (χ1) is 10.1. The molecule has 0 bridgehead atoms. The van der Waals surface area contributed by atoms with Crippen LogP contribution < -0.4 is 10.5 Å². The van der Waals surface area contributed by atoms with Crippen LogP contribution in [0.3, 0.4) is 0 Å². The second-order valence-electron chi connectivity index (χ2n) is 5.21. The largest absolute Gasteiger partial charge is 0.494 e. The minimum atomic E-state index is 0.274. The maximum Gasteiger partial charge on any atom is 0.186 e. The molecule has 0 aliphatic carbocycles. The normalized spacial score (nSPS) is 11.4. The summed E-state index contributed by atoms with van der Waals surface area (Å²) in [6.45, 7) is 6.80. The number of hydrogen-bond donors (Lipinski definition) is 2. The van der Waals surface area contributed by atoms with Gasteiger partial charge in [0.1, 0.15) is 11.6 Å². The maximum absolute atomic E-state index is 5.98. The Balaban J connectivity index is 2.11. The first-order valence-corrected chi connectivity index (χ1v) is 7.07. The minimum absolute atomic E-state index is 0.274. The molecule has 3 rings (SSSR count). The minimum Gasteiger partial charge on any atom is -0.494 e.